The van der Waals surface area contributed by atoms with E-state index in [0.717, 1.165) is 19.4 Å². The summed E-state index contributed by atoms with van der Waals surface area (Å²) in [6, 6.07) is 0. The van der Waals surface area contributed by atoms with Gasteiger partial charge in [-0.15, -0.1) is 0 Å². The number of nitrogens with one attached hydrogen (secondary N) is 1. The number of hydrogen-bond acceptors (Lipinski definition) is 2. The number of carbonyl (C=O) groups is 1. The summed E-state index contributed by atoms with van der Waals surface area (Å²) in [5, 5.41) is 2.60. The van der Waals surface area contributed by atoms with Crippen LogP contribution < -0.4 is 5.32 Å². The molecular formula is C9H14N2O. The van der Waals surface area contributed by atoms with Crippen LogP contribution in [0.25, 0.3) is 0 Å². The molecule has 1 rings (SSSR count). The Kier molecular flexibility index (Phi) is 3.51. The van der Waals surface area contributed by atoms with E-state index in [4.69, 9.17) is 0 Å². The first kappa shape index (κ1) is 8.97. The highest BCUT2D eigenvalue weighted by Crippen LogP contribution is 2.11. The molecule has 0 aromatic heterocycles. The Morgan fingerprint density at radius 3 is 3.17 bits per heavy atom. The molecule has 1 N–H and O–H groups in total. The van der Waals surface area contributed by atoms with Crippen molar-refractivity contribution in [3.8, 4) is 0 Å². The maximum absolute atomic E-state index is 10.9. The lowest BCUT2D eigenvalue weighted by molar-refractivity contribution is -0.120. The number of hydrogen-bond donors (Lipinski definition) is 1. The Labute approximate surface area is 72.6 Å². The van der Waals surface area contributed by atoms with Gasteiger partial charge in [0.2, 0.25) is 5.91 Å². The van der Waals surface area contributed by atoms with Gasteiger partial charge in [0.05, 0.1) is 0 Å². The maximum atomic E-state index is 10.9. The number of dihydropyridines is 1. The Balaban J connectivity index is 2.27. The van der Waals surface area contributed by atoms with Crippen LogP contribution in [0.1, 0.15) is 19.3 Å². The maximum Gasteiger partial charge on any atom is 0.220 e. The predicted octanol–water partition coefficient (Wildman–Crippen LogP) is 0.913. The zero-order valence-electron chi connectivity index (χ0n) is 7.34. The smallest absolute Gasteiger partial charge is 0.220 e. The van der Waals surface area contributed by atoms with Crippen LogP contribution >= 0.6 is 0 Å². The molecule has 1 amide bonds. The molecule has 0 saturated carbocycles. The van der Waals surface area contributed by atoms with Crippen molar-refractivity contribution in [2.24, 2.45) is 4.99 Å². The van der Waals surface area contributed by atoms with Crippen molar-refractivity contribution < 1.29 is 4.79 Å². The first-order valence-corrected chi connectivity index (χ1v) is 4.21. The highest BCUT2D eigenvalue weighted by Gasteiger charge is 2.03. The van der Waals surface area contributed by atoms with E-state index >= 15 is 0 Å². The SMILES string of the molecule is CNC(=O)CCC1=CC=NCC1. The highest BCUT2D eigenvalue weighted by molar-refractivity contribution is 5.77. The minimum atomic E-state index is 0.110. The van der Waals surface area contributed by atoms with Gasteiger partial charge in [-0.2, -0.15) is 0 Å². The largest absolute Gasteiger partial charge is 0.359 e. The number of amides is 1. The van der Waals surface area contributed by atoms with Crippen LogP contribution in [0.2, 0.25) is 0 Å². The van der Waals surface area contributed by atoms with Gasteiger partial charge in [0, 0.05) is 26.2 Å². The number of nitrogens with zero attached hydrogens (tertiary/aromatic N) is 1. The van der Waals surface area contributed by atoms with E-state index in [2.05, 4.69) is 10.3 Å². The first-order chi connectivity index (χ1) is 5.83. The van der Waals surface area contributed by atoms with E-state index in [9.17, 15) is 4.79 Å². The third kappa shape index (κ3) is 2.86. The van der Waals surface area contributed by atoms with Crippen LogP contribution in [-0.4, -0.2) is 25.7 Å². The first-order valence-electron chi connectivity index (χ1n) is 4.21. The van der Waals surface area contributed by atoms with E-state index in [-0.39, 0.29) is 5.91 Å². The van der Waals surface area contributed by atoms with E-state index in [0.29, 0.717) is 6.42 Å². The van der Waals surface area contributed by atoms with Crippen molar-refractivity contribution in [1.29, 1.82) is 0 Å². The van der Waals surface area contributed by atoms with Crippen LogP contribution in [0.15, 0.2) is 16.6 Å². The summed E-state index contributed by atoms with van der Waals surface area (Å²) in [6.07, 6.45) is 6.30. The fraction of sp³-hybridized carbons (Fsp3) is 0.556. The second-order valence-electron chi connectivity index (χ2n) is 2.80. The number of aliphatic imine (C=N–C) groups is 1. The number of carbonyl (C=O) groups excluding carboxylic acids is 1. The topological polar surface area (TPSA) is 41.5 Å². The van der Waals surface area contributed by atoms with Crippen LogP contribution in [0.3, 0.4) is 0 Å². The monoisotopic (exact) mass is 166 g/mol. The molecule has 1 aliphatic rings. The molecular weight excluding hydrogens is 152 g/mol. The average Bonchev–Trinajstić information content (AvgIpc) is 2.16. The molecule has 0 bridgehead atoms. The zero-order chi connectivity index (χ0) is 8.81. The van der Waals surface area contributed by atoms with Crippen molar-refractivity contribution in [3.63, 3.8) is 0 Å². The molecule has 0 radical (unpaired) electrons. The molecule has 3 heteroatoms. The Hall–Kier alpha value is -1.12. The lowest BCUT2D eigenvalue weighted by Crippen LogP contribution is -2.17. The van der Waals surface area contributed by atoms with E-state index < -0.39 is 0 Å². The second kappa shape index (κ2) is 4.70. The summed E-state index contributed by atoms with van der Waals surface area (Å²) >= 11 is 0. The van der Waals surface area contributed by atoms with Crippen molar-refractivity contribution in [1.82, 2.24) is 5.32 Å². The second-order valence-corrected chi connectivity index (χ2v) is 2.80. The lowest BCUT2D eigenvalue weighted by Gasteiger charge is -2.07. The molecule has 0 atom stereocenters. The Bertz CT molecular complexity index is 219. The molecule has 0 unspecified atom stereocenters. The summed E-state index contributed by atoms with van der Waals surface area (Å²) < 4.78 is 0. The predicted molar refractivity (Wildman–Crippen MR) is 49.4 cm³/mol. The summed E-state index contributed by atoms with van der Waals surface area (Å²) in [4.78, 5) is 15.0. The molecule has 12 heavy (non-hydrogen) atoms. The zero-order valence-corrected chi connectivity index (χ0v) is 7.34. The molecule has 0 aliphatic carbocycles. The fourth-order valence-corrected chi connectivity index (χ4v) is 1.13. The quantitative estimate of drug-likeness (QED) is 0.665. The number of allylic oxidation sites excluding steroid dienone is 1. The Morgan fingerprint density at radius 1 is 1.75 bits per heavy atom. The normalized spacial score (nSPS) is 15.6. The summed E-state index contributed by atoms with van der Waals surface area (Å²) in [5.74, 6) is 0.110. The molecule has 0 fully saturated rings. The minimum Gasteiger partial charge on any atom is -0.359 e. The molecule has 0 saturated heterocycles. The van der Waals surface area contributed by atoms with Crippen molar-refractivity contribution in [2.45, 2.75) is 19.3 Å². The third-order valence-corrected chi connectivity index (χ3v) is 1.93. The molecule has 66 valence electrons. The van der Waals surface area contributed by atoms with Gasteiger partial charge in [-0.25, -0.2) is 0 Å². The summed E-state index contributed by atoms with van der Waals surface area (Å²) in [7, 11) is 1.67. The molecule has 3 nitrogen and oxygen atoms in total. The fourth-order valence-electron chi connectivity index (χ4n) is 1.13. The van der Waals surface area contributed by atoms with E-state index in [1.807, 2.05) is 12.3 Å². The van der Waals surface area contributed by atoms with Gasteiger partial charge < -0.3 is 5.32 Å². The van der Waals surface area contributed by atoms with Gasteiger partial charge in [-0.3, -0.25) is 9.79 Å². The lowest BCUT2D eigenvalue weighted by atomic mass is 10.1. The molecule has 1 aliphatic heterocycles. The van der Waals surface area contributed by atoms with Gasteiger partial charge in [-0.05, 0) is 18.9 Å². The van der Waals surface area contributed by atoms with Crippen molar-refractivity contribution >= 4 is 12.1 Å². The molecule has 0 aromatic rings. The van der Waals surface area contributed by atoms with Gasteiger partial charge in [-0.1, -0.05) is 5.57 Å². The van der Waals surface area contributed by atoms with Crippen LogP contribution in [0.5, 0.6) is 0 Å². The molecule has 1 heterocycles. The average molecular weight is 166 g/mol. The molecule has 0 spiro atoms. The summed E-state index contributed by atoms with van der Waals surface area (Å²) in [5.41, 5.74) is 1.33. The van der Waals surface area contributed by atoms with E-state index in [1.165, 1.54) is 5.57 Å². The molecule has 0 aromatic carbocycles. The van der Waals surface area contributed by atoms with Gasteiger partial charge >= 0.3 is 0 Å². The van der Waals surface area contributed by atoms with Crippen LogP contribution in [-0.2, 0) is 4.79 Å². The highest BCUT2D eigenvalue weighted by atomic mass is 16.1. The standard InChI is InChI=1S/C9H14N2O/c1-10-9(12)3-2-8-4-6-11-7-5-8/h4,6H,2-3,5,7H2,1H3,(H,10,12). The number of rotatable bonds is 3. The van der Waals surface area contributed by atoms with Gasteiger partial charge in [0.25, 0.3) is 0 Å². The van der Waals surface area contributed by atoms with E-state index in [1.54, 1.807) is 7.05 Å². The van der Waals surface area contributed by atoms with Crippen LogP contribution in [0.4, 0.5) is 0 Å². The minimum absolute atomic E-state index is 0.110. The van der Waals surface area contributed by atoms with Gasteiger partial charge in [0.15, 0.2) is 0 Å². The third-order valence-electron chi connectivity index (χ3n) is 1.93. The summed E-state index contributed by atoms with van der Waals surface area (Å²) in [6.45, 7) is 0.875. The van der Waals surface area contributed by atoms with Crippen molar-refractivity contribution in [3.05, 3.63) is 11.6 Å². The van der Waals surface area contributed by atoms with Crippen LogP contribution in [0, 0.1) is 0 Å². The van der Waals surface area contributed by atoms with Gasteiger partial charge in [0.1, 0.15) is 0 Å². The Morgan fingerprint density at radius 2 is 2.58 bits per heavy atom. The van der Waals surface area contributed by atoms with Crippen molar-refractivity contribution in [2.75, 3.05) is 13.6 Å².